The van der Waals surface area contributed by atoms with Crippen LogP contribution in [0.1, 0.15) is 36.1 Å². The van der Waals surface area contributed by atoms with Gasteiger partial charge in [-0.2, -0.15) is 12.7 Å². The van der Waals surface area contributed by atoms with Gasteiger partial charge in [-0.05, 0) is 57.4 Å². The lowest BCUT2D eigenvalue weighted by atomic mass is 10.1. The van der Waals surface area contributed by atoms with Gasteiger partial charge in [0.25, 0.3) is 0 Å². The fourth-order valence-corrected chi connectivity index (χ4v) is 4.60. The van der Waals surface area contributed by atoms with Crippen molar-refractivity contribution in [2.75, 3.05) is 31.5 Å². The van der Waals surface area contributed by atoms with Crippen molar-refractivity contribution in [2.24, 2.45) is 0 Å². The zero-order chi connectivity index (χ0) is 25.6. The van der Waals surface area contributed by atoms with Gasteiger partial charge < -0.3 is 10.2 Å². The van der Waals surface area contributed by atoms with Crippen LogP contribution in [-0.2, 0) is 26.3 Å². The Balaban J connectivity index is 2.49. The van der Waals surface area contributed by atoms with Gasteiger partial charge in [-0.3, -0.25) is 9.59 Å². The van der Waals surface area contributed by atoms with Gasteiger partial charge >= 0.3 is 10.2 Å². The molecule has 0 aliphatic carbocycles. The largest absolute Gasteiger partial charge is 0.355 e. The summed E-state index contributed by atoms with van der Waals surface area (Å²) in [6.07, 6.45) is 0. The molecule has 0 heterocycles. The summed E-state index contributed by atoms with van der Waals surface area (Å²) < 4.78 is 28.7. The molecule has 0 radical (unpaired) electrons. The molecular formula is C25H36N4O4S. The van der Waals surface area contributed by atoms with Crippen molar-refractivity contribution in [3.8, 4) is 0 Å². The van der Waals surface area contributed by atoms with Crippen LogP contribution in [0.25, 0.3) is 0 Å². The lowest BCUT2D eigenvalue weighted by molar-refractivity contribution is -0.139. The first-order valence-corrected chi connectivity index (χ1v) is 12.7. The number of likely N-dealkylation sites (N-methyl/N-ethyl adjacent to an activating group) is 1. The lowest BCUT2D eigenvalue weighted by Crippen LogP contribution is -2.52. The first-order valence-electron chi connectivity index (χ1n) is 11.3. The summed E-state index contributed by atoms with van der Waals surface area (Å²) in [5.74, 6) is -0.762. The molecule has 0 spiro atoms. The molecule has 1 N–H and O–H groups in total. The zero-order valence-electron chi connectivity index (χ0n) is 21.1. The molecule has 2 aromatic rings. The molecule has 2 amide bonds. The average Bonchev–Trinajstić information content (AvgIpc) is 2.78. The van der Waals surface area contributed by atoms with Gasteiger partial charge in [0.2, 0.25) is 11.8 Å². The van der Waals surface area contributed by atoms with E-state index in [2.05, 4.69) is 5.32 Å². The first kappa shape index (κ1) is 27.3. The number of amides is 2. The SMILES string of the molecule is CCNC(=O)C(C)N(Cc1ccc(C)cc1)C(=O)CN(c1cc(C)ccc1C)S(=O)(=O)N(C)C. The van der Waals surface area contributed by atoms with Gasteiger partial charge in [0, 0.05) is 27.2 Å². The third kappa shape index (κ3) is 6.57. The summed E-state index contributed by atoms with van der Waals surface area (Å²) in [5, 5.41) is 2.75. The molecule has 1 atom stereocenters. The summed E-state index contributed by atoms with van der Waals surface area (Å²) >= 11 is 0. The first-order chi connectivity index (χ1) is 15.9. The predicted molar refractivity (Wildman–Crippen MR) is 136 cm³/mol. The molecule has 0 aromatic heterocycles. The van der Waals surface area contributed by atoms with Crippen LogP contribution in [0, 0.1) is 20.8 Å². The van der Waals surface area contributed by atoms with Crippen LogP contribution in [-0.4, -0.2) is 62.7 Å². The van der Waals surface area contributed by atoms with E-state index >= 15 is 0 Å². The number of anilines is 1. The molecule has 186 valence electrons. The Bertz CT molecular complexity index is 1110. The minimum absolute atomic E-state index is 0.181. The van der Waals surface area contributed by atoms with E-state index in [0.717, 1.165) is 30.9 Å². The van der Waals surface area contributed by atoms with Crippen LogP contribution in [0.2, 0.25) is 0 Å². The third-order valence-electron chi connectivity index (χ3n) is 5.64. The Morgan fingerprint density at radius 3 is 2.12 bits per heavy atom. The Kier molecular flexibility index (Phi) is 9.23. The molecule has 0 aliphatic heterocycles. The fourth-order valence-electron chi connectivity index (χ4n) is 3.48. The second kappa shape index (κ2) is 11.5. The summed E-state index contributed by atoms with van der Waals surface area (Å²) in [7, 11) is -1.12. The van der Waals surface area contributed by atoms with Crippen molar-refractivity contribution >= 4 is 27.7 Å². The molecule has 1 unspecified atom stereocenters. The number of carbonyl (C=O) groups excluding carboxylic acids is 2. The quantitative estimate of drug-likeness (QED) is 0.557. The van der Waals surface area contributed by atoms with Gasteiger partial charge in [-0.25, -0.2) is 4.31 Å². The van der Waals surface area contributed by atoms with Gasteiger partial charge in [0.1, 0.15) is 12.6 Å². The summed E-state index contributed by atoms with van der Waals surface area (Å²) in [6, 6.07) is 12.4. The molecule has 34 heavy (non-hydrogen) atoms. The highest BCUT2D eigenvalue weighted by atomic mass is 32.2. The molecule has 2 aromatic carbocycles. The number of nitrogens with zero attached hydrogens (tertiary/aromatic N) is 3. The van der Waals surface area contributed by atoms with Crippen LogP contribution in [0.5, 0.6) is 0 Å². The van der Waals surface area contributed by atoms with Crippen molar-refractivity contribution in [1.29, 1.82) is 0 Å². The summed E-state index contributed by atoms with van der Waals surface area (Å²) in [6.45, 7) is 9.28. The number of nitrogens with one attached hydrogen (secondary N) is 1. The number of carbonyl (C=O) groups is 2. The predicted octanol–water partition coefficient (Wildman–Crippen LogP) is 2.78. The maximum absolute atomic E-state index is 13.6. The third-order valence-corrected chi connectivity index (χ3v) is 7.45. The van der Waals surface area contributed by atoms with E-state index in [1.807, 2.05) is 57.2 Å². The molecule has 2 rings (SSSR count). The maximum atomic E-state index is 13.6. The van der Waals surface area contributed by atoms with E-state index in [-0.39, 0.29) is 12.5 Å². The average molecular weight is 489 g/mol. The van der Waals surface area contributed by atoms with E-state index < -0.39 is 28.7 Å². The molecule has 0 saturated carbocycles. The number of hydrogen-bond acceptors (Lipinski definition) is 4. The standard InChI is InChI=1S/C25H36N4O4S/c1-8-26-25(31)21(5)28(16-22-13-10-18(2)11-14-22)24(30)17-29(34(32,33)27(6)7)23-15-19(3)9-12-20(23)4/h9-15,21H,8,16-17H2,1-7H3,(H,26,31). The molecule has 8 nitrogen and oxygen atoms in total. The van der Waals surface area contributed by atoms with Gasteiger partial charge in [0.05, 0.1) is 5.69 Å². The molecule has 0 bridgehead atoms. The minimum atomic E-state index is -3.98. The summed E-state index contributed by atoms with van der Waals surface area (Å²) in [5.41, 5.74) is 3.97. The highest BCUT2D eigenvalue weighted by Crippen LogP contribution is 2.26. The van der Waals surface area contributed by atoms with Crippen LogP contribution in [0.4, 0.5) is 5.69 Å². The smallest absolute Gasteiger partial charge is 0.304 e. The van der Waals surface area contributed by atoms with E-state index in [1.54, 1.807) is 19.9 Å². The second-order valence-electron chi connectivity index (χ2n) is 8.66. The second-order valence-corrected chi connectivity index (χ2v) is 10.7. The van der Waals surface area contributed by atoms with Crippen molar-refractivity contribution in [1.82, 2.24) is 14.5 Å². The Morgan fingerprint density at radius 2 is 1.56 bits per heavy atom. The van der Waals surface area contributed by atoms with E-state index in [0.29, 0.717) is 12.2 Å². The Morgan fingerprint density at radius 1 is 0.971 bits per heavy atom. The van der Waals surface area contributed by atoms with Gasteiger partial charge in [-0.15, -0.1) is 0 Å². The highest BCUT2D eigenvalue weighted by molar-refractivity contribution is 7.90. The van der Waals surface area contributed by atoms with Gasteiger partial charge in [0.15, 0.2) is 0 Å². The van der Waals surface area contributed by atoms with Crippen LogP contribution in [0.3, 0.4) is 0 Å². The Labute approximate surface area is 203 Å². The van der Waals surface area contributed by atoms with Gasteiger partial charge in [-0.1, -0.05) is 42.0 Å². The van der Waals surface area contributed by atoms with Crippen molar-refractivity contribution in [3.63, 3.8) is 0 Å². The van der Waals surface area contributed by atoms with Crippen molar-refractivity contribution in [2.45, 2.75) is 47.2 Å². The topological polar surface area (TPSA) is 90.0 Å². The monoisotopic (exact) mass is 488 g/mol. The number of aryl methyl sites for hydroxylation is 3. The van der Waals surface area contributed by atoms with Crippen molar-refractivity contribution < 1.29 is 18.0 Å². The highest BCUT2D eigenvalue weighted by Gasteiger charge is 2.33. The lowest BCUT2D eigenvalue weighted by Gasteiger charge is -2.33. The molecular weight excluding hydrogens is 452 g/mol. The number of hydrogen-bond donors (Lipinski definition) is 1. The molecule has 0 fully saturated rings. The normalized spacial score (nSPS) is 12.4. The summed E-state index contributed by atoms with van der Waals surface area (Å²) in [4.78, 5) is 27.7. The fraction of sp³-hybridized carbons (Fsp3) is 0.440. The van der Waals surface area contributed by atoms with E-state index in [9.17, 15) is 18.0 Å². The maximum Gasteiger partial charge on any atom is 0.304 e. The van der Waals surface area contributed by atoms with E-state index in [1.165, 1.54) is 19.0 Å². The van der Waals surface area contributed by atoms with Crippen LogP contribution >= 0.6 is 0 Å². The van der Waals surface area contributed by atoms with E-state index in [4.69, 9.17) is 0 Å². The molecule has 9 heteroatoms. The zero-order valence-corrected chi connectivity index (χ0v) is 21.9. The van der Waals surface area contributed by atoms with Crippen LogP contribution < -0.4 is 9.62 Å². The van der Waals surface area contributed by atoms with Crippen molar-refractivity contribution in [3.05, 3.63) is 64.7 Å². The van der Waals surface area contributed by atoms with Crippen LogP contribution in [0.15, 0.2) is 42.5 Å². The molecule has 0 aliphatic rings. The number of benzene rings is 2. The Hall–Kier alpha value is -2.91. The minimum Gasteiger partial charge on any atom is -0.355 e. The number of rotatable bonds is 10. The molecule has 0 saturated heterocycles.